The molecule has 0 bridgehead atoms. The zero-order valence-corrected chi connectivity index (χ0v) is 16.4. The lowest BCUT2D eigenvalue weighted by Gasteiger charge is -2.22. The summed E-state index contributed by atoms with van der Waals surface area (Å²) in [7, 11) is 1.60. The van der Waals surface area contributed by atoms with E-state index in [4.69, 9.17) is 9.84 Å². The monoisotopic (exact) mass is 404 g/mol. The highest BCUT2D eigenvalue weighted by Gasteiger charge is 2.34. The average Bonchev–Trinajstić information content (AvgIpc) is 3.22. The first-order chi connectivity index (χ1) is 14.6. The molecule has 1 aliphatic rings. The predicted octanol–water partition coefficient (Wildman–Crippen LogP) is 3.18. The smallest absolute Gasteiger partial charge is 0.303 e. The molecule has 1 atom stereocenters. The maximum absolute atomic E-state index is 12.8. The molecule has 1 aliphatic heterocycles. The molecule has 2 heterocycles. The summed E-state index contributed by atoms with van der Waals surface area (Å²) in [5.41, 5.74) is 3.88. The fourth-order valence-electron chi connectivity index (χ4n) is 3.55. The number of methoxy groups -OCH3 is 1. The van der Waals surface area contributed by atoms with Gasteiger partial charge in [-0.3, -0.25) is 19.6 Å². The van der Waals surface area contributed by atoms with Crippen LogP contribution >= 0.6 is 0 Å². The van der Waals surface area contributed by atoms with E-state index in [0.29, 0.717) is 11.9 Å². The molecule has 30 heavy (non-hydrogen) atoms. The zero-order chi connectivity index (χ0) is 21.1. The lowest BCUT2D eigenvalue weighted by molar-refractivity contribution is -0.141. The van der Waals surface area contributed by atoms with Crippen molar-refractivity contribution in [3.63, 3.8) is 0 Å². The fraction of sp³-hybridized carbons (Fsp3) is 0.227. The van der Waals surface area contributed by atoms with Crippen LogP contribution in [0.2, 0.25) is 0 Å². The van der Waals surface area contributed by atoms with E-state index >= 15 is 0 Å². The molecule has 0 radical (unpaired) electrons. The Balaban J connectivity index is 1.72. The number of carbonyl (C=O) groups excluding carboxylic acids is 1. The number of benzene rings is 2. The van der Waals surface area contributed by atoms with Gasteiger partial charge in [-0.05, 0) is 35.9 Å². The van der Waals surface area contributed by atoms with Gasteiger partial charge in [0.1, 0.15) is 5.75 Å². The van der Waals surface area contributed by atoms with Gasteiger partial charge in [0.05, 0.1) is 36.3 Å². The quantitative estimate of drug-likeness (QED) is 0.677. The van der Waals surface area contributed by atoms with Crippen LogP contribution in [0.3, 0.4) is 0 Å². The van der Waals surface area contributed by atoms with E-state index < -0.39 is 5.97 Å². The van der Waals surface area contributed by atoms with Crippen molar-refractivity contribution >= 4 is 28.6 Å². The van der Waals surface area contributed by atoms with Gasteiger partial charge in [-0.15, -0.1) is 0 Å². The molecule has 2 aromatic carbocycles. The van der Waals surface area contributed by atoms with E-state index in [-0.39, 0.29) is 24.8 Å². The molecule has 0 spiro atoms. The van der Waals surface area contributed by atoms with Gasteiger partial charge >= 0.3 is 5.97 Å². The third kappa shape index (κ3) is 3.84. The number of hydrazone groups is 1. The van der Waals surface area contributed by atoms with Gasteiger partial charge in [0.2, 0.25) is 5.91 Å². The first kappa shape index (κ1) is 19.5. The SMILES string of the molecule is COc1ccc(C2=NN(C(=O)CCC(=O)O)[C@@H](c3cccc4nccnc34)C2)cc1. The van der Waals surface area contributed by atoms with E-state index in [0.717, 1.165) is 28.1 Å². The number of nitrogens with zero attached hydrogens (tertiary/aromatic N) is 4. The minimum atomic E-state index is -1.02. The number of fused-ring (bicyclic) bond motifs is 1. The van der Waals surface area contributed by atoms with Crippen molar-refractivity contribution in [2.75, 3.05) is 7.11 Å². The van der Waals surface area contributed by atoms with Crippen LogP contribution in [0, 0.1) is 0 Å². The number of hydrogen-bond acceptors (Lipinski definition) is 6. The highest BCUT2D eigenvalue weighted by molar-refractivity contribution is 6.03. The Labute approximate surface area is 172 Å². The molecule has 1 amide bonds. The van der Waals surface area contributed by atoms with E-state index in [9.17, 15) is 9.59 Å². The first-order valence-corrected chi connectivity index (χ1v) is 9.52. The number of ether oxygens (including phenoxy) is 1. The maximum atomic E-state index is 12.8. The number of hydrogen-bond donors (Lipinski definition) is 1. The van der Waals surface area contributed by atoms with E-state index in [2.05, 4.69) is 15.1 Å². The van der Waals surface area contributed by atoms with Crippen molar-refractivity contribution in [1.82, 2.24) is 15.0 Å². The summed E-state index contributed by atoms with van der Waals surface area (Å²) in [6, 6.07) is 12.7. The molecule has 0 saturated heterocycles. The van der Waals surface area contributed by atoms with E-state index in [1.807, 2.05) is 42.5 Å². The Kier molecular flexibility index (Phi) is 5.38. The van der Waals surface area contributed by atoms with Crippen LogP contribution in [0.4, 0.5) is 0 Å². The van der Waals surface area contributed by atoms with Crippen molar-refractivity contribution in [3.05, 3.63) is 66.0 Å². The number of carboxylic acids is 1. The number of amides is 1. The third-order valence-electron chi connectivity index (χ3n) is 5.03. The van der Waals surface area contributed by atoms with Crippen molar-refractivity contribution in [2.45, 2.75) is 25.3 Å². The third-order valence-corrected chi connectivity index (χ3v) is 5.03. The molecule has 8 heteroatoms. The lowest BCUT2D eigenvalue weighted by Crippen LogP contribution is -2.27. The van der Waals surface area contributed by atoms with Gasteiger partial charge < -0.3 is 9.84 Å². The number of carboxylic acid groups (broad SMARTS) is 1. The number of aromatic nitrogens is 2. The largest absolute Gasteiger partial charge is 0.497 e. The van der Waals surface area contributed by atoms with E-state index in [1.165, 1.54) is 5.01 Å². The van der Waals surface area contributed by atoms with Crippen molar-refractivity contribution in [3.8, 4) is 5.75 Å². The second-order valence-electron chi connectivity index (χ2n) is 6.90. The van der Waals surface area contributed by atoms with Gasteiger partial charge in [0.15, 0.2) is 0 Å². The molecular weight excluding hydrogens is 384 g/mol. The highest BCUT2D eigenvalue weighted by atomic mass is 16.5. The molecule has 152 valence electrons. The Morgan fingerprint density at radius 3 is 2.60 bits per heavy atom. The van der Waals surface area contributed by atoms with Crippen LogP contribution in [0.5, 0.6) is 5.75 Å². The van der Waals surface area contributed by atoms with Crippen molar-refractivity contribution in [2.24, 2.45) is 5.10 Å². The van der Waals surface area contributed by atoms with Gasteiger partial charge in [-0.1, -0.05) is 12.1 Å². The second-order valence-corrected chi connectivity index (χ2v) is 6.90. The van der Waals surface area contributed by atoms with Crippen LogP contribution in [0.25, 0.3) is 11.0 Å². The van der Waals surface area contributed by atoms with Gasteiger partial charge in [-0.25, -0.2) is 5.01 Å². The molecule has 0 fully saturated rings. The van der Waals surface area contributed by atoms with Crippen molar-refractivity contribution in [1.29, 1.82) is 0 Å². The molecule has 4 rings (SSSR count). The molecule has 3 aromatic rings. The molecule has 0 aliphatic carbocycles. The summed E-state index contributed by atoms with van der Waals surface area (Å²) < 4.78 is 5.21. The molecule has 1 aromatic heterocycles. The van der Waals surface area contributed by atoms with Crippen LogP contribution in [0.1, 0.15) is 36.4 Å². The number of para-hydroxylation sites is 1. The zero-order valence-electron chi connectivity index (χ0n) is 16.4. The summed E-state index contributed by atoms with van der Waals surface area (Å²) in [6.45, 7) is 0. The molecule has 8 nitrogen and oxygen atoms in total. The fourth-order valence-corrected chi connectivity index (χ4v) is 3.55. The summed E-state index contributed by atoms with van der Waals surface area (Å²) in [5, 5.41) is 14.9. The van der Waals surface area contributed by atoms with Gasteiger partial charge in [0, 0.05) is 30.8 Å². The predicted molar refractivity (Wildman–Crippen MR) is 110 cm³/mol. The topological polar surface area (TPSA) is 105 Å². The summed E-state index contributed by atoms with van der Waals surface area (Å²) in [6.07, 6.45) is 3.35. The van der Waals surface area contributed by atoms with Crippen LogP contribution in [-0.2, 0) is 9.59 Å². The average molecular weight is 404 g/mol. The summed E-state index contributed by atoms with van der Waals surface area (Å²) >= 11 is 0. The van der Waals surface area contributed by atoms with Crippen LogP contribution in [-0.4, -0.2) is 44.8 Å². The number of rotatable bonds is 6. The van der Waals surface area contributed by atoms with Gasteiger partial charge in [-0.2, -0.15) is 5.10 Å². The summed E-state index contributed by atoms with van der Waals surface area (Å²) in [5.74, 6) is -0.631. The Bertz CT molecular complexity index is 1120. The van der Waals surface area contributed by atoms with Gasteiger partial charge in [0.25, 0.3) is 0 Å². The second kappa shape index (κ2) is 8.28. The summed E-state index contributed by atoms with van der Waals surface area (Å²) in [4.78, 5) is 32.6. The van der Waals surface area contributed by atoms with Crippen molar-refractivity contribution < 1.29 is 19.4 Å². The molecule has 1 N–H and O–H groups in total. The van der Waals surface area contributed by atoms with Crippen LogP contribution < -0.4 is 4.74 Å². The number of carbonyl (C=O) groups is 2. The number of aliphatic carboxylic acids is 1. The Morgan fingerprint density at radius 2 is 1.87 bits per heavy atom. The highest BCUT2D eigenvalue weighted by Crippen LogP contribution is 2.36. The standard InChI is InChI=1S/C22H20N4O4/c1-30-15-7-5-14(6-8-15)18-13-19(26(25-18)20(27)9-10-21(28)29)16-3-2-4-17-22(16)24-12-11-23-17/h2-8,11-12,19H,9-10,13H2,1H3,(H,28,29)/t19-/m1/s1. The molecule has 0 unspecified atom stereocenters. The normalized spacial score (nSPS) is 15.8. The first-order valence-electron chi connectivity index (χ1n) is 9.52. The molecular formula is C22H20N4O4. The lowest BCUT2D eigenvalue weighted by atomic mass is 9.97. The van der Waals surface area contributed by atoms with E-state index in [1.54, 1.807) is 19.5 Å². The van der Waals surface area contributed by atoms with Crippen LogP contribution in [0.15, 0.2) is 60.0 Å². The maximum Gasteiger partial charge on any atom is 0.303 e. The minimum absolute atomic E-state index is 0.123. The minimum Gasteiger partial charge on any atom is -0.497 e. The molecule has 0 saturated carbocycles. The Morgan fingerprint density at radius 1 is 1.10 bits per heavy atom. The Hall–Kier alpha value is -3.81.